The summed E-state index contributed by atoms with van der Waals surface area (Å²) < 4.78 is 5.58. The smallest absolute Gasteiger partial charge is 0.128 e. The van der Waals surface area contributed by atoms with Crippen molar-refractivity contribution < 1.29 is 4.74 Å². The lowest BCUT2D eigenvalue weighted by molar-refractivity contribution is 0.218. The van der Waals surface area contributed by atoms with Gasteiger partial charge in [0.05, 0.1) is 6.61 Å². The highest BCUT2D eigenvalue weighted by atomic mass is 16.5. The number of hydrogen-bond donors (Lipinski definition) is 1. The van der Waals surface area contributed by atoms with Gasteiger partial charge in [-0.1, -0.05) is 24.3 Å². The van der Waals surface area contributed by atoms with Gasteiger partial charge in [-0.2, -0.15) is 0 Å². The number of nitrogens with one attached hydrogen (secondary N) is 1. The highest BCUT2D eigenvalue weighted by Crippen LogP contribution is 2.17. The zero-order chi connectivity index (χ0) is 11.1. The largest absolute Gasteiger partial charge is 0.493 e. The Bertz CT molecular complexity index is 338. The second-order valence-corrected chi connectivity index (χ2v) is 4.31. The standard InChI is InChI=1S/C14H19NO/c1-2-9-14(10-3-1)16-12-6-11-15-13-7-4-5-8-13/h2,9-10,13,15H,4-8,11-12H2. The molecule has 0 aliphatic heterocycles. The van der Waals surface area contributed by atoms with E-state index in [0.29, 0.717) is 0 Å². The van der Waals surface area contributed by atoms with Crippen molar-refractivity contribution in [1.82, 2.24) is 5.32 Å². The second-order valence-electron chi connectivity index (χ2n) is 4.31. The molecule has 0 unspecified atom stereocenters. The van der Waals surface area contributed by atoms with Crippen molar-refractivity contribution in [3.63, 3.8) is 0 Å². The first-order chi connectivity index (χ1) is 7.95. The van der Waals surface area contributed by atoms with Crippen LogP contribution in [0.4, 0.5) is 0 Å². The van der Waals surface area contributed by atoms with Crippen molar-refractivity contribution in [3.05, 3.63) is 35.4 Å². The van der Waals surface area contributed by atoms with E-state index in [1.165, 1.54) is 25.7 Å². The topological polar surface area (TPSA) is 21.3 Å². The van der Waals surface area contributed by atoms with E-state index >= 15 is 0 Å². The molecule has 0 spiro atoms. The predicted octanol–water partition coefficient (Wildman–Crippen LogP) is 2.69. The first-order valence-corrected chi connectivity index (χ1v) is 6.19. The summed E-state index contributed by atoms with van der Waals surface area (Å²) in [5.41, 5.74) is 5.74. The first-order valence-electron chi connectivity index (χ1n) is 6.19. The van der Waals surface area contributed by atoms with Crippen LogP contribution in [-0.4, -0.2) is 19.2 Å². The van der Waals surface area contributed by atoms with Crippen molar-refractivity contribution in [2.75, 3.05) is 13.2 Å². The first kappa shape index (κ1) is 11.3. The van der Waals surface area contributed by atoms with Crippen molar-refractivity contribution in [3.8, 4) is 0 Å². The molecule has 0 heterocycles. The van der Waals surface area contributed by atoms with Crippen LogP contribution >= 0.6 is 0 Å². The van der Waals surface area contributed by atoms with Gasteiger partial charge < -0.3 is 10.1 Å². The normalized spacial score (nSPS) is 19.1. The van der Waals surface area contributed by atoms with Crippen LogP contribution < -0.4 is 5.32 Å². The summed E-state index contributed by atoms with van der Waals surface area (Å²) in [4.78, 5) is 0. The molecule has 2 heteroatoms. The molecule has 86 valence electrons. The van der Waals surface area contributed by atoms with Crippen molar-refractivity contribution >= 4 is 0 Å². The van der Waals surface area contributed by atoms with E-state index in [4.69, 9.17) is 4.74 Å². The monoisotopic (exact) mass is 217 g/mol. The average Bonchev–Trinajstić information content (AvgIpc) is 2.83. The summed E-state index contributed by atoms with van der Waals surface area (Å²) >= 11 is 0. The van der Waals surface area contributed by atoms with Gasteiger partial charge in [-0.15, -0.1) is 0 Å². The van der Waals surface area contributed by atoms with E-state index in [-0.39, 0.29) is 0 Å². The molecule has 2 nitrogen and oxygen atoms in total. The van der Waals surface area contributed by atoms with Crippen molar-refractivity contribution in [1.29, 1.82) is 0 Å². The molecule has 0 amide bonds. The number of allylic oxidation sites excluding steroid dienone is 3. The Kier molecular flexibility index (Phi) is 4.51. The van der Waals surface area contributed by atoms with Crippen LogP contribution in [0.2, 0.25) is 0 Å². The molecule has 16 heavy (non-hydrogen) atoms. The Morgan fingerprint density at radius 1 is 1.31 bits per heavy atom. The molecular weight excluding hydrogens is 198 g/mol. The summed E-state index contributed by atoms with van der Waals surface area (Å²) in [5, 5.41) is 3.57. The SMILES string of the molecule is C1=C=CC(OCCCNC2CCCC2)=CC=1. The molecule has 1 N–H and O–H groups in total. The highest BCUT2D eigenvalue weighted by molar-refractivity contribution is 5.21. The highest BCUT2D eigenvalue weighted by Gasteiger charge is 2.13. The molecule has 0 saturated heterocycles. The molecule has 0 atom stereocenters. The molecule has 0 aromatic heterocycles. The van der Waals surface area contributed by atoms with Gasteiger partial charge in [0.2, 0.25) is 0 Å². The quantitative estimate of drug-likeness (QED) is 0.545. The fourth-order valence-electron chi connectivity index (χ4n) is 2.12. The van der Waals surface area contributed by atoms with Gasteiger partial charge in [-0.25, -0.2) is 0 Å². The van der Waals surface area contributed by atoms with Crippen molar-refractivity contribution in [2.24, 2.45) is 0 Å². The van der Waals surface area contributed by atoms with E-state index < -0.39 is 0 Å². The Morgan fingerprint density at radius 3 is 2.94 bits per heavy atom. The van der Waals surface area contributed by atoms with Crippen LogP contribution in [-0.2, 0) is 4.74 Å². The minimum Gasteiger partial charge on any atom is -0.493 e. The Balaban J connectivity index is 1.50. The van der Waals surface area contributed by atoms with Crippen molar-refractivity contribution in [2.45, 2.75) is 38.1 Å². The second kappa shape index (κ2) is 6.40. The molecule has 0 bridgehead atoms. The maximum Gasteiger partial charge on any atom is 0.128 e. The van der Waals surface area contributed by atoms with E-state index in [1.807, 2.05) is 18.2 Å². The summed E-state index contributed by atoms with van der Waals surface area (Å²) in [7, 11) is 0. The van der Waals surface area contributed by atoms with Crippen LogP contribution in [0.5, 0.6) is 0 Å². The Morgan fingerprint density at radius 2 is 2.19 bits per heavy atom. The molecule has 2 aliphatic carbocycles. The van der Waals surface area contributed by atoms with Crippen LogP contribution in [0.3, 0.4) is 0 Å². The Labute approximate surface area is 97.4 Å². The minimum absolute atomic E-state index is 0.764. The zero-order valence-electron chi connectivity index (χ0n) is 9.67. The van der Waals surface area contributed by atoms with E-state index in [9.17, 15) is 0 Å². The summed E-state index contributed by atoms with van der Waals surface area (Å²) in [5.74, 6) is 0.889. The average molecular weight is 217 g/mol. The lowest BCUT2D eigenvalue weighted by atomic mass is 10.2. The maximum absolute atomic E-state index is 5.58. The third-order valence-corrected chi connectivity index (χ3v) is 3.01. The predicted molar refractivity (Wildman–Crippen MR) is 65.1 cm³/mol. The molecule has 2 rings (SSSR count). The third kappa shape index (κ3) is 3.75. The lowest BCUT2D eigenvalue weighted by Gasteiger charge is -2.12. The summed E-state index contributed by atoms with van der Waals surface area (Å²) in [6.45, 7) is 1.84. The van der Waals surface area contributed by atoms with Gasteiger partial charge >= 0.3 is 0 Å². The fourth-order valence-corrected chi connectivity index (χ4v) is 2.12. The van der Waals surface area contributed by atoms with Crippen LogP contribution in [0, 0.1) is 0 Å². The van der Waals surface area contributed by atoms with Gasteiger partial charge in [0, 0.05) is 12.1 Å². The van der Waals surface area contributed by atoms with Gasteiger partial charge in [0.15, 0.2) is 0 Å². The van der Waals surface area contributed by atoms with Crippen LogP contribution in [0.25, 0.3) is 0 Å². The number of ether oxygens (including phenoxy) is 1. The maximum atomic E-state index is 5.58. The molecular formula is C14H19NO. The molecule has 0 aromatic rings. The molecule has 1 saturated carbocycles. The summed E-state index contributed by atoms with van der Waals surface area (Å²) in [6.07, 6.45) is 12.1. The van der Waals surface area contributed by atoms with E-state index in [2.05, 4.69) is 16.8 Å². The molecule has 0 radical (unpaired) electrons. The van der Waals surface area contributed by atoms with Crippen LogP contribution in [0.15, 0.2) is 35.4 Å². The fraction of sp³-hybridized carbons (Fsp3) is 0.571. The van der Waals surface area contributed by atoms with Gasteiger partial charge in [0.1, 0.15) is 5.76 Å². The minimum atomic E-state index is 0.764. The zero-order valence-corrected chi connectivity index (χ0v) is 9.67. The molecule has 2 aliphatic rings. The number of rotatable bonds is 6. The summed E-state index contributed by atoms with van der Waals surface area (Å²) in [6, 6.07) is 0.764. The Hall–Kier alpha value is -1.20. The molecule has 0 aromatic carbocycles. The van der Waals surface area contributed by atoms with E-state index in [0.717, 1.165) is 31.4 Å². The molecule has 1 fully saturated rings. The van der Waals surface area contributed by atoms with Gasteiger partial charge in [0.25, 0.3) is 0 Å². The van der Waals surface area contributed by atoms with Crippen LogP contribution in [0.1, 0.15) is 32.1 Å². The third-order valence-electron chi connectivity index (χ3n) is 3.01. The van der Waals surface area contributed by atoms with Gasteiger partial charge in [-0.3, -0.25) is 0 Å². The van der Waals surface area contributed by atoms with E-state index in [1.54, 1.807) is 0 Å². The lowest BCUT2D eigenvalue weighted by Crippen LogP contribution is -2.27. The number of hydrogen-bond acceptors (Lipinski definition) is 2. The van der Waals surface area contributed by atoms with Gasteiger partial charge in [-0.05, 0) is 38.0 Å².